The fourth-order valence-corrected chi connectivity index (χ4v) is 5.45. The molecule has 10 heteroatoms. The van der Waals surface area contributed by atoms with Gasteiger partial charge in [-0.15, -0.1) is 0 Å². The normalized spacial score (nSPS) is 21.6. The number of carbonyl (C=O) groups is 1. The molecule has 2 aromatic heterocycles. The number of carbonyl (C=O) groups excluding carboxylic acids is 1. The van der Waals surface area contributed by atoms with Crippen LogP contribution >= 0.6 is 0 Å². The van der Waals surface area contributed by atoms with E-state index >= 15 is 0 Å². The number of esters is 1. The van der Waals surface area contributed by atoms with Gasteiger partial charge in [-0.25, -0.2) is 9.78 Å². The van der Waals surface area contributed by atoms with Crippen LogP contribution in [0, 0.1) is 6.92 Å². The molecule has 1 aromatic carbocycles. The number of fused-ring (bicyclic) bond motifs is 6. The lowest BCUT2D eigenvalue weighted by molar-refractivity contribution is -0.172. The van der Waals surface area contributed by atoms with E-state index in [1.807, 2.05) is 19.1 Å². The lowest BCUT2D eigenvalue weighted by Gasteiger charge is -2.31. The van der Waals surface area contributed by atoms with Crippen molar-refractivity contribution >= 4 is 16.9 Å². The number of rotatable bonds is 1. The van der Waals surface area contributed by atoms with Crippen LogP contribution in [0.3, 0.4) is 0 Å². The molecule has 1 saturated heterocycles. The Kier molecular flexibility index (Phi) is 5.70. The minimum Gasteiger partial charge on any atom is -0.458 e. The number of likely N-dealkylation sites (N-methyl/N-ethyl adjacent to an activating group) is 1. The number of hydrogen-bond donors (Lipinski definition) is 2. The van der Waals surface area contributed by atoms with Gasteiger partial charge in [0.05, 0.1) is 29.0 Å². The van der Waals surface area contributed by atoms with Crippen LogP contribution in [0.15, 0.2) is 23.0 Å². The Hall–Kier alpha value is -3.47. The molecular formula is C27H30N4O6. The van der Waals surface area contributed by atoms with Crippen LogP contribution in [-0.2, 0) is 28.3 Å². The van der Waals surface area contributed by atoms with Crippen LogP contribution < -0.4 is 20.3 Å². The number of ether oxygens (including phenoxy) is 3. The molecule has 1 unspecified atom stereocenters. The highest BCUT2D eigenvalue weighted by Gasteiger charge is 2.45. The standard InChI is InChI=1S/C22H18N2O6.C5H12N2/c1-3-22(27)14-5-16-19-12(7-24(16)20(25)13(14)8-28-21(22)26)10(2)11-4-17-18(30-9-29-17)6-15(11)23-19;1-7-4-2-6-3-5-7/h4-6,27H,3,7-9H2,1-2H3;6H,2-5H2,1H3. The first kappa shape index (κ1) is 23.9. The monoisotopic (exact) mass is 506 g/mol. The van der Waals surface area contributed by atoms with Gasteiger partial charge < -0.3 is 34.1 Å². The quantitative estimate of drug-likeness (QED) is 0.372. The van der Waals surface area contributed by atoms with Gasteiger partial charge in [-0.1, -0.05) is 6.92 Å². The van der Waals surface area contributed by atoms with E-state index < -0.39 is 11.6 Å². The van der Waals surface area contributed by atoms with Gasteiger partial charge in [-0.2, -0.15) is 0 Å². The molecule has 7 rings (SSSR count). The molecule has 10 nitrogen and oxygen atoms in total. The molecule has 194 valence electrons. The highest BCUT2D eigenvalue weighted by molar-refractivity contribution is 5.91. The third-order valence-electron chi connectivity index (χ3n) is 7.81. The maximum absolute atomic E-state index is 13.2. The minimum absolute atomic E-state index is 0.113. The summed E-state index contributed by atoms with van der Waals surface area (Å²) in [6, 6.07) is 5.47. The number of benzene rings is 1. The van der Waals surface area contributed by atoms with Crippen molar-refractivity contribution in [2.45, 2.75) is 39.0 Å². The van der Waals surface area contributed by atoms with Crippen molar-refractivity contribution in [1.29, 1.82) is 0 Å². The Morgan fingerprint density at radius 1 is 1.08 bits per heavy atom. The zero-order valence-corrected chi connectivity index (χ0v) is 21.2. The van der Waals surface area contributed by atoms with Crippen LogP contribution in [0.25, 0.3) is 22.3 Å². The molecule has 6 heterocycles. The van der Waals surface area contributed by atoms with Gasteiger partial charge in [-0.3, -0.25) is 4.79 Å². The summed E-state index contributed by atoms with van der Waals surface area (Å²) in [5.74, 6) is 0.591. The fourth-order valence-electron chi connectivity index (χ4n) is 5.45. The minimum atomic E-state index is -1.83. The molecule has 0 spiro atoms. The summed E-state index contributed by atoms with van der Waals surface area (Å²) in [4.78, 5) is 32.7. The Balaban J connectivity index is 0.000000314. The predicted octanol–water partition coefficient (Wildman–Crippen LogP) is 1.64. The Morgan fingerprint density at radius 3 is 2.49 bits per heavy atom. The summed E-state index contributed by atoms with van der Waals surface area (Å²) in [7, 11) is 2.15. The third kappa shape index (κ3) is 3.70. The Labute approximate surface area is 213 Å². The topological polar surface area (TPSA) is 115 Å². The van der Waals surface area contributed by atoms with Gasteiger partial charge in [0.2, 0.25) is 6.79 Å². The summed E-state index contributed by atoms with van der Waals surface area (Å²) < 4.78 is 17.7. The van der Waals surface area contributed by atoms with Crippen molar-refractivity contribution in [1.82, 2.24) is 19.8 Å². The van der Waals surface area contributed by atoms with E-state index in [0.29, 0.717) is 40.6 Å². The van der Waals surface area contributed by atoms with Crippen molar-refractivity contribution in [3.05, 3.63) is 50.8 Å². The first-order valence-electron chi connectivity index (χ1n) is 12.6. The molecule has 1 fully saturated rings. The van der Waals surface area contributed by atoms with Crippen LogP contribution in [0.5, 0.6) is 11.5 Å². The second-order valence-corrected chi connectivity index (χ2v) is 9.94. The number of hydrogen-bond acceptors (Lipinski definition) is 9. The average molecular weight is 507 g/mol. The van der Waals surface area contributed by atoms with Gasteiger partial charge in [0.15, 0.2) is 17.1 Å². The second-order valence-electron chi connectivity index (χ2n) is 9.94. The maximum Gasteiger partial charge on any atom is 0.343 e. The second kappa shape index (κ2) is 8.83. The van der Waals surface area contributed by atoms with Crippen molar-refractivity contribution < 1.29 is 24.1 Å². The van der Waals surface area contributed by atoms with Gasteiger partial charge in [0, 0.05) is 48.8 Å². The SMILES string of the molecule is CCC1(O)C(=O)OCc2c1cc1n(c2=O)Cc2c-1nc1cc3c(cc1c2C)OCO3.CN1CCNCC1. The van der Waals surface area contributed by atoms with E-state index in [1.54, 1.807) is 17.6 Å². The summed E-state index contributed by atoms with van der Waals surface area (Å²) in [6.45, 7) is 8.85. The lowest BCUT2D eigenvalue weighted by atomic mass is 9.86. The van der Waals surface area contributed by atoms with Gasteiger partial charge in [0.25, 0.3) is 5.56 Å². The molecule has 0 radical (unpaired) electrons. The van der Waals surface area contributed by atoms with Crippen molar-refractivity contribution in [3.63, 3.8) is 0 Å². The summed E-state index contributed by atoms with van der Waals surface area (Å²) in [5, 5.41) is 15.2. The number of nitrogens with zero attached hydrogens (tertiary/aromatic N) is 3. The lowest BCUT2D eigenvalue weighted by Crippen LogP contribution is -2.44. The molecule has 37 heavy (non-hydrogen) atoms. The molecule has 0 bridgehead atoms. The van der Waals surface area contributed by atoms with Crippen molar-refractivity contribution in [2.24, 2.45) is 0 Å². The molecule has 0 aliphatic carbocycles. The molecule has 0 amide bonds. The summed E-state index contributed by atoms with van der Waals surface area (Å²) >= 11 is 0. The molecule has 3 aromatic rings. The van der Waals surface area contributed by atoms with Crippen LogP contribution in [0.1, 0.15) is 35.6 Å². The number of aliphatic hydroxyl groups is 1. The third-order valence-corrected chi connectivity index (χ3v) is 7.81. The maximum atomic E-state index is 13.2. The number of piperazine rings is 1. The smallest absolute Gasteiger partial charge is 0.343 e. The molecule has 4 aliphatic heterocycles. The first-order valence-corrected chi connectivity index (χ1v) is 12.6. The van der Waals surface area contributed by atoms with Crippen molar-refractivity contribution in [3.8, 4) is 22.9 Å². The Morgan fingerprint density at radius 2 is 1.81 bits per heavy atom. The van der Waals surface area contributed by atoms with Crippen molar-refractivity contribution in [2.75, 3.05) is 40.0 Å². The average Bonchev–Trinajstić information content (AvgIpc) is 3.51. The van der Waals surface area contributed by atoms with E-state index in [-0.39, 0.29) is 25.4 Å². The van der Waals surface area contributed by atoms with Crippen LogP contribution in [-0.4, -0.2) is 65.5 Å². The van der Waals surface area contributed by atoms with Gasteiger partial charge in [0.1, 0.15) is 6.61 Å². The molecule has 1 atom stereocenters. The predicted molar refractivity (Wildman–Crippen MR) is 136 cm³/mol. The fraction of sp³-hybridized carbons (Fsp3) is 0.444. The van der Waals surface area contributed by atoms with Crippen LogP contribution in [0.4, 0.5) is 0 Å². The van der Waals surface area contributed by atoms with Gasteiger partial charge >= 0.3 is 5.97 Å². The number of aryl methyl sites for hydroxylation is 1. The highest BCUT2D eigenvalue weighted by atomic mass is 16.7. The zero-order valence-electron chi connectivity index (χ0n) is 21.2. The zero-order chi connectivity index (χ0) is 25.9. The van der Waals surface area contributed by atoms with Crippen LogP contribution in [0.2, 0.25) is 0 Å². The van der Waals surface area contributed by atoms with E-state index in [1.165, 1.54) is 13.1 Å². The first-order chi connectivity index (χ1) is 17.8. The molecule has 0 saturated carbocycles. The van der Waals surface area contributed by atoms with E-state index in [4.69, 9.17) is 19.2 Å². The Bertz CT molecular complexity index is 1490. The van der Waals surface area contributed by atoms with E-state index in [9.17, 15) is 14.7 Å². The number of cyclic esters (lactones) is 1. The molecule has 4 aliphatic rings. The van der Waals surface area contributed by atoms with E-state index in [2.05, 4.69) is 17.3 Å². The van der Waals surface area contributed by atoms with E-state index in [0.717, 1.165) is 35.1 Å². The molecular weight excluding hydrogens is 476 g/mol. The summed E-state index contributed by atoms with van der Waals surface area (Å²) in [5.41, 5.74) is 2.49. The number of nitrogens with one attached hydrogen (secondary N) is 1. The molecule has 2 N–H and O–H groups in total. The number of pyridine rings is 2. The summed E-state index contributed by atoms with van der Waals surface area (Å²) in [6.07, 6.45) is 0.113. The largest absolute Gasteiger partial charge is 0.458 e. The highest BCUT2D eigenvalue weighted by Crippen LogP contribution is 2.42. The van der Waals surface area contributed by atoms with Gasteiger partial charge in [-0.05, 0) is 38.1 Å². The number of aromatic nitrogens is 2.